The van der Waals surface area contributed by atoms with Crippen LogP contribution in [-0.2, 0) is 19.7 Å². The molecule has 1 aliphatic rings. The molecule has 1 aliphatic heterocycles. The summed E-state index contributed by atoms with van der Waals surface area (Å²) in [6.45, 7) is 4.02. The minimum Gasteiger partial charge on any atom is -0.480 e. The van der Waals surface area contributed by atoms with Gasteiger partial charge in [0.25, 0.3) is 10.2 Å². The molecule has 0 spiro atoms. The number of carbonyl (C=O) groups is 1. The summed E-state index contributed by atoms with van der Waals surface area (Å²) in [4.78, 5) is 10.7. The third-order valence-corrected chi connectivity index (χ3v) is 4.62. The lowest BCUT2D eigenvalue weighted by Crippen LogP contribution is -2.52. The summed E-state index contributed by atoms with van der Waals surface area (Å²) >= 11 is 0. The van der Waals surface area contributed by atoms with Gasteiger partial charge in [-0.3, -0.25) is 4.79 Å². The molecule has 1 heterocycles. The molecule has 0 aliphatic carbocycles. The summed E-state index contributed by atoms with van der Waals surface area (Å²) in [5.74, 6) is -1.16. The molecule has 0 saturated carbocycles. The molecule has 7 nitrogen and oxygen atoms in total. The average Bonchev–Trinajstić information content (AvgIpc) is 2.26. The lowest BCUT2D eigenvalue weighted by molar-refractivity contribution is -0.137. The van der Waals surface area contributed by atoms with Crippen molar-refractivity contribution in [1.82, 2.24) is 8.61 Å². The summed E-state index contributed by atoms with van der Waals surface area (Å²) in [5, 5.41) is 8.75. The van der Waals surface area contributed by atoms with Gasteiger partial charge in [0.05, 0.1) is 13.2 Å². The minimum absolute atomic E-state index is 0.269. The van der Waals surface area contributed by atoms with Gasteiger partial charge in [0.2, 0.25) is 0 Å². The van der Waals surface area contributed by atoms with E-state index in [9.17, 15) is 13.2 Å². The van der Waals surface area contributed by atoms with Gasteiger partial charge in [-0.1, -0.05) is 0 Å². The van der Waals surface area contributed by atoms with Crippen LogP contribution in [0.5, 0.6) is 0 Å². The highest BCUT2D eigenvalue weighted by Crippen LogP contribution is 2.13. The number of carboxylic acids is 1. The number of carboxylic acid groups (broad SMARTS) is 1. The fourth-order valence-corrected chi connectivity index (χ4v) is 3.30. The number of morpholine rings is 1. The van der Waals surface area contributed by atoms with Gasteiger partial charge in [-0.25, -0.2) is 0 Å². The van der Waals surface area contributed by atoms with Crippen LogP contribution in [0.2, 0.25) is 0 Å². The molecule has 1 rings (SSSR count). The van der Waals surface area contributed by atoms with Crippen LogP contribution < -0.4 is 0 Å². The molecule has 0 aromatic heterocycles. The van der Waals surface area contributed by atoms with Gasteiger partial charge >= 0.3 is 5.97 Å². The Kier molecular flexibility index (Phi) is 4.87. The largest absolute Gasteiger partial charge is 0.480 e. The van der Waals surface area contributed by atoms with Crippen molar-refractivity contribution in [3.05, 3.63) is 0 Å². The summed E-state index contributed by atoms with van der Waals surface area (Å²) in [6.07, 6.45) is 0. The zero-order chi connectivity index (χ0) is 13.1. The fraction of sp³-hybridized carbons (Fsp3) is 0.889. The van der Waals surface area contributed by atoms with Gasteiger partial charge in [0.1, 0.15) is 6.54 Å². The third-order valence-electron chi connectivity index (χ3n) is 2.46. The predicted molar refractivity (Wildman–Crippen MR) is 60.8 cm³/mol. The van der Waals surface area contributed by atoms with Gasteiger partial charge < -0.3 is 9.84 Å². The molecule has 1 N–H and O–H groups in total. The molecule has 0 aromatic rings. The first kappa shape index (κ1) is 14.4. The van der Waals surface area contributed by atoms with Crippen molar-refractivity contribution >= 4 is 16.2 Å². The molecular weight excluding hydrogens is 248 g/mol. The van der Waals surface area contributed by atoms with E-state index < -0.39 is 22.7 Å². The number of nitrogens with zero attached hydrogens (tertiary/aromatic N) is 2. The Morgan fingerprint density at radius 2 is 1.94 bits per heavy atom. The summed E-state index contributed by atoms with van der Waals surface area (Å²) < 4.78 is 31.7. The van der Waals surface area contributed by atoms with Crippen molar-refractivity contribution in [3.63, 3.8) is 0 Å². The molecule has 0 unspecified atom stereocenters. The zero-order valence-corrected chi connectivity index (χ0v) is 10.8. The third kappa shape index (κ3) is 3.63. The van der Waals surface area contributed by atoms with E-state index in [1.165, 1.54) is 4.31 Å². The Morgan fingerprint density at radius 3 is 2.35 bits per heavy atom. The van der Waals surface area contributed by atoms with Crippen LogP contribution in [0.4, 0.5) is 0 Å². The molecular formula is C9H18N2O5S. The predicted octanol–water partition coefficient (Wildman–Crippen LogP) is -0.642. The van der Waals surface area contributed by atoms with Crippen molar-refractivity contribution < 1.29 is 23.1 Å². The van der Waals surface area contributed by atoms with Crippen LogP contribution in [0, 0.1) is 0 Å². The maximum absolute atomic E-state index is 12.2. The summed E-state index contributed by atoms with van der Waals surface area (Å²) in [5.41, 5.74) is 0. The van der Waals surface area contributed by atoms with E-state index in [0.29, 0.717) is 13.2 Å². The number of aliphatic carboxylic acids is 1. The first-order chi connectivity index (χ1) is 7.85. The second-order valence-corrected chi connectivity index (χ2v) is 5.93. The van der Waals surface area contributed by atoms with Crippen LogP contribution in [0.25, 0.3) is 0 Å². The van der Waals surface area contributed by atoms with E-state index in [-0.39, 0.29) is 19.1 Å². The Hall–Kier alpha value is -0.700. The van der Waals surface area contributed by atoms with E-state index in [1.807, 2.05) is 0 Å². The molecule has 8 heteroatoms. The lowest BCUT2D eigenvalue weighted by Gasteiger charge is -2.33. The SMILES string of the molecule is CC(C)N(CC(=O)O)S(=O)(=O)N1CCOCC1. The van der Waals surface area contributed by atoms with E-state index in [0.717, 1.165) is 4.31 Å². The zero-order valence-electron chi connectivity index (χ0n) is 10.00. The van der Waals surface area contributed by atoms with Gasteiger partial charge in [-0.15, -0.1) is 0 Å². The van der Waals surface area contributed by atoms with E-state index in [1.54, 1.807) is 13.8 Å². The Labute approximate surface area is 101 Å². The first-order valence-corrected chi connectivity index (χ1v) is 6.82. The lowest BCUT2D eigenvalue weighted by atomic mass is 10.4. The second-order valence-electron chi connectivity index (χ2n) is 4.05. The van der Waals surface area contributed by atoms with Gasteiger partial charge in [0.15, 0.2) is 0 Å². The number of hydrogen-bond acceptors (Lipinski definition) is 4. The molecule has 100 valence electrons. The Bertz CT molecular complexity index is 362. The van der Waals surface area contributed by atoms with Crippen molar-refractivity contribution in [2.75, 3.05) is 32.8 Å². The van der Waals surface area contributed by atoms with Crippen LogP contribution in [0.3, 0.4) is 0 Å². The fourth-order valence-electron chi connectivity index (χ4n) is 1.59. The molecule has 17 heavy (non-hydrogen) atoms. The van der Waals surface area contributed by atoms with Crippen molar-refractivity contribution in [1.29, 1.82) is 0 Å². The van der Waals surface area contributed by atoms with E-state index >= 15 is 0 Å². The molecule has 0 radical (unpaired) electrons. The van der Waals surface area contributed by atoms with Gasteiger partial charge in [-0.2, -0.15) is 17.0 Å². The monoisotopic (exact) mass is 266 g/mol. The summed E-state index contributed by atoms with van der Waals surface area (Å²) in [6, 6.07) is -0.390. The van der Waals surface area contributed by atoms with Crippen LogP contribution >= 0.6 is 0 Å². The standard InChI is InChI=1S/C9H18N2O5S/c1-8(2)11(7-9(12)13)17(14,15)10-3-5-16-6-4-10/h8H,3-7H2,1-2H3,(H,12,13). The molecule has 0 bridgehead atoms. The minimum atomic E-state index is -3.71. The maximum atomic E-state index is 12.2. The number of rotatable bonds is 5. The van der Waals surface area contributed by atoms with Crippen molar-refractivity contribution in [2.24, 2.45) is 0 Å². The molecule has 1 saturated heterocycles. The van der Waals surface area contributed by atoms with E-state index in [2.05, 4.69) is 0 Å². The second kappa shape index (κ2) is 5.76. The topological polar surface area (TPSA) is 87.2 Å². The first-order valence-electron chi connectivity index (χ1n) is 5.42. The average molecular weight is 266 g/mol. The highest BCUT2D eigenvalue weighted by atomic mass is 32.2. The molecule has 1 fully saturated rings. The van der Waals surface area contributed by atoms with Crippen LogP contribution in [0.1, 0.15) is 13.8 Å². The van der Waals surface area contributed by atoms with Crippen molar-refractivity contribution in [3.8, 4) is 0 Å². The highest BCUT2D eigenvalue weighted by molar-refractivity contribution is 7.86. The number of hydrogen-bond donors (Lipinski definition) is 1. The van der Waals surface area contributed by atoms with Crippen LogP contribution in [0.15, 0.2) is 0 Å². The molecule has 0 atom stereocenters. The van der Waals surface area contributed by atoms with Crippen molar-refractivity contribution in [2.45, 2.75) is 19.9 Å². The maximum Gasteiger partial charge on any atom is 0.318 e. The normalized spacial score (nSPS) is 18.8. The van der Waals surface area contributed by atoms with E-state index in [4.69, 9.17) is 9.84 Å². The van der Waals surface area contributed by atoms with Gasteiger partial charge in [0, 0.05) is 19.1 Å². The van der Waals surface area contributed by atoms with Gasteiger partial charge in [-0.05, 0) is 13.8 Å². The number of ether oxygens (including phenoxy) is 1. The Morgan fingerprint density at radius 1 is 1.41 bits per heavy atom. The molecule has 0 aromatic carbocycles. The Balaban J connectivity index is 2.86. The van der Waals surface area contributed by atoms with Crippen LogP contribution in [-0.4, -0.2) is 67.0 Å². The molecule has 0 amide bonds. The smallest absolute Gasteiger partial charge is 0.318 e. The summed E-state index contributed by atoms with van der Waals surface area (Å²) in [7, 11) is -3.71. The quantitative estimate of drug-likeness (QED) is 0.715. The highest BCUT2D eigenvalue weighted by Gasteiger charge is 2.33.